The fourth-order valence-electron chi connectivity index (χ4n) is 2.50. The second kappa shape index (κ2) is 7.49. The smallest absolute Gasteiger partial charge is 0.410 e. The Morgan fingerprint density at radius 3 is 2.65 bits per heavy atom. The SMILES string of the molecule is CCC(NC1=NCCN(C(=O)OC(C)(C)C)C1)c1ccccc1. The molecule has 0 bridgehead atoms. The van der Waals surface area contributed by atoms with Gasteiger partial charge in [-0.1, -0.05) is 37.3 Å². The quantitative estimate of drug-likeness (QED) is 0.930. The molecule has 1 aliphatic heterocycles. The van der Waals surface area contributed by atoms with E-state index in [2.05, 4.69) is 29.4 Å². The fraction of sp³-hybridized carbons (Fsp3) is 0.556. The average molecular weight is 317 g/mol. The summed E-state index contributed by atoms with van der Waals surface area (Å²) in [6.45, 7) is 9.45. The Kier molecular flexibility index (Phi) is 5.64. The summed E-state index contributed by atoms with van der Waals surface area (Å²) >= 11 is 0. The molecule has 1 aromatic rings. The Morgan fingerprint density at radius 1 is 1.35 bits per heavy atom. The first kappa shape index (κ1) is 17.3. The van der Waals surface area contributed by atoms with Crippen LogP contribution in [0.15, 0.2) is 35.3 Å². The first-order valence-corrected chi connectivity index (χ1v) is 8.22. The molecule has 1 amide bonds. The second-order valence-corrected chi connectivity index (χ2v) is 6.75. The molecule has 1 aliphatic rings. The summed E-state index contributed by atoms with van der Waals surface area (Å²) in [7, 11) is 0. The van der Waals surface area contributed by atoms with Gasteiger partial charge in [0.05, 0.1) is 19.1 Å². The molecule has 0 aliphatic carbocycles. The summed E-state index contributed by atoms with van der Waals surface area (Å²) < 4.78 is 5.45. The van der Waals surface area contributed by atoms with Gasteiger partial charge < -0.3 is 10.1 Å². The van der Waals surface area contributed by atoms with Crippen molar-refractivity contribution in [1.82, 2.24) is 10.2 Å². The number of nitrogens with zero attached hydrogens (tertiary/aromatic N) is 2. The first-order chi connectivity index (χ1) is 10.9. The van der Waals surface area contributed by atoms with E-state index < -0.39 is 5.60 Å². The minimum absolute atomic E-state index is 0.202. The molecule has 0 spiro atoms. The van der Waals surface area contributed by atoms with Gasteiger partial charge >= 0.3 is 6.09 Å². The van der Waals surface area contributed by atoms with E-state index in [9.17, 15) is 4.79 Å². The lowest BCUT2D eigenvalue weighted by atomic mass is 10.0. The van der Waals surface area contributed by atoms with Crippen molar-refractivity contribution in [3.05, 3.63) is 35.9 Å². The molecule has 1 aromatic carbocycles. The van der Waals surface area contributed by atoms with Crippen LogP contribution in [0.3, 0.4) is 0 Å². The van der Waals surface area contributed by atoms with E-state index in [4.69, 9.17) is 4.74 Å². The van der Waals surface area contributed by atoms with Crippen molar-refractivity contribution in [2.24, 2.45) is 4.99 Å². The summed E-state index contributed by atoms with van der Waals surface area (Å²) in [5.74, 6) is 0.845. The van der Waals surface area contributed by atoms with E-state index in [1.54, 1.807) is 4.90 Å². The monoisotopic (exact) mass is 317 g/mol. The van der Waals surface area contributed by atoms with E-state index in [1.807, 2.05) is 39.0 Å². The third-order valence-electron chi connectivity index (χ3n) is 3.62. The number of nitrogens with one attached hydrogen (secondary N) is 1. The Bertz CT molecular complexity index is 549. The predicted molar refractivity (Wildman–Crippen MR) is 92.7 cm³/mol. The minimum Gasteiger partial charge on any atom is -0.444 e. The Morgan fingerprint density at radius 2 is 2.04 bits per heavy atom. The number of amidine groups is 1. The van der Waals surface area contributed by atoms with Gasteiger partial charge in [-0.25, -0.2) is 4.79 Å². The number of carbonyl (C=O) groups is 1. The topological polar surface area (TPSA) is 53.9 Å². The molecule has 5 heteroatoms. The third kappa shape index (κ3) is 5.27. The van der Waals surface area contributed by atoms with Crippen molar-refractivity contribution in [2.75, 3.05) is 19.6 Å². The highest BCUT2D eigenvalue weighted by atomic mass is 16.6. The maximum absolute atomic E-state index is 12.2. The molecule has 1 heterocycles. The van der Waals surface area contributed by atoms with Crippen molar-refractivity contribution in [1.29, 1.82) is 0 Å². The van der Waals surface area contributed by atoms with Crippen LogP contribution in [0.2, 0.25) is 0 Å². The molecule has 1 unspecified atom stereocenters. The fourth-order valence-corrected chi connectivity index (χ4v) is 2.50. The standard InChI is InChI=1S/C18H27N3O2/c1-5-15(14-9-7-6-8-10-14)20-16-13-21(12-11-19-16)17(22)23-18(2,3)4/h6-10,15H,5,11-13H2,1-4H3,(H,19,20). The number of hydrogen-bond acceptors (Lipinski definition) is 4. The van der Waals surface area contributed by atoms with Gasteiger partial charge in [0, 0.05) is 6.54 Å². The van der Waals surface area contributed by atoms with E-state index >= 15 is 0 Å². The second-order valence-electron chi connectivity index (χ2n) is 6.75. The number of ether oxygens (including phenoxy) is 1. The molecule has 1 N–H and O–H groups in total. The zero-order chi connectivity index (χ0) is 16.9. The van der Waals surface area contributed by atoms with Crippen LogP contribution in [0, 0.1) is 0 Å². The Labute approximate surface area is 138 Å². The van der Waals surface area contributed by atoms with Gasteiger partial charge in [-0.3, -0.25) is 9.89 Å². The summed E-state index contributed by atoms with van der Waals surface area (Å²) in [6.07, 6.45) is 0.676. The number of hydrogen-bond donors (Lipinski definition) is 1. The number of carbonyl (C=O) groups excluding carboxylic acids is 1. The van der Waals surface area contributed by atoms with Crippen molar-refractivity contribution in [2.45, 2.75) is 45.8 Å². The molecule has 1 atom stereocenters. The number of rotatable bonds is 3. The Balaban J connectivity index is 1.98. The number of benzene rings is 1. The maximum Gasteiger partial charge on any atom is 0.410 e. The van der Waals surface area contributed by atoms with E-state index in [0.717, 1.165) is 12.3 Å². The lowest BCUT2D eigenvalue weighted by Gasteiger charge is -2.31. The van der Waals surface area contributed by atoms with Crippen LogP contribution in [-0.2, 0) is 4.74 Å². The van der Waals surface area contributed by atoms with E-state index in [1.165, 1.54) is 5.56 Å². The molecule has 23 heavy (non-hydrogen) atoms. The van der Waals surface area contributed by atoms with Crippen molar-refractivity contribution in [3.63, 3.8) is 0 Å². The molecule has 0 saturated heterocycles. The molecule has 126 valence electrons. The van der Waals surface area contributed by atoms with Gasteiger partial charge in [0.2, 0.25) is 0 Å². The van der Waals surface area contributed by atoms with Crippen LogP contribution >= 0.6 is 0 Å². The summed E-state index contributed by atoms with van der Waals surface area (Å²) in [6, 6.07) is 10.5. The van der Waals surface area contributed by atoms with Crippen LogP contribution < -0.4 is 5.32 Å². The summed E-state index contributed by atoms with van der Waals surface area (Å²) in [5, 5.41) is 3.47. The lowest BCUT2D eigenvalue weighted by Crippen LogP contribution is -2.47. The average Bonchev–Trinajstić information content (AvgIpc) is 2.52. The third-order valence-corrected chi connectivity index (χ3v) is 3.62. The molecule has 0 saturated carbocycles. The zero-order valence-electron chi connectivity index (χ0n) is 14.5. The molecule has 5 nitrogen and oxygen atoms in total. The van der Waals surface area contributed by atoms with Gasteiger partial charge in [-0.2, -0.15) is 0 Å². The van der Waals surface area contributed by atoms with Gasteiger partial charge in [0.15, 0.2) is 0 Å². The highest BCUT2D eigenvalue weighted by molar-refractivity contribution is 5.88. The van der Waals surface area contributed by atoms with Crippen LogP contribution in [0.25, 0.3) is 0 Å². The van der Waals surface area contributed by atoms with Gasteiger partial charge in [0.25, 0.3) is 0 Å². The molecule has 0 aromatic heterocycles. The molecule has 0 radical (unpaired) electrons. The van der Waals surface area contributed by atoms with Gasteiger partial charge in [0.1, 0.15) is 11.4 Å². The molecule has 0 fully saturated rings. The van der Waals surface area contributed by atoms with Gasteiger partial charge in [-0.15, -0.1) is 0 Å². The minimum atomic E-state index is -0.477. The van der Waals surface area contributed by atoms with Gasteiger partial charge in [-0.05, 0) is 32.8 Å². The van der Waals surface area contributed by atoms with Crippen molar-refractivity contribution in [3.8, 4) is 0 Å². The lowest BCUT2D eigenvalue weighted by molar-refractivity contribution is 0.0276. The van der Waals surface area contributed by atoms with E-state index in [0.29, 0.717) is 19.6 Å². The number of amides is 1. The molecular formula is C18H27N3O2. The molecular weight excluding hydrogens is 290 g/mol. The van der Waals surface area contributed by atoms with Crippen LogP contribution in [0.1, 0.15) is 45.7 Å². The molecule has 2 rings (SSSR count). The van der Waals surface area contributed by atoms with Crippen molar-refractivity contribution < 1.29 is 9.53 Å². The normalized spacial score (nSPS) is 16.5. The van der Waals surface area contributed by atoms with Crippen molar-refractivity contribution >= 4 is 11.9 Å². The summed E-state index contributed by atoms with van der Waals surface area (Å²) in [4.78, 5) is 18.4. The maximum atomic E-state index is 12.2. The predicted octanol–water partition coefficient (Wildman–Crippen LogP) is 3.38. The highest BCUT2D eigenvalue weighted by Gasteiger charge is 2.25. The van der Waals surface area contributed by atoms with E-state index in [-0.39, 0.29) is 12.1 Å². The summed E-state index contributed by atoms with van der Waals surface area (Å²) in [5.41, 5.74) is 0.752. The zero-order valence-corrected chi connectivity index (χ0v) is 14.5. The van der Waals surface area contributed by atoms with Crippen LogP contribution in [0.5, 0.6) is 0 Å². The number of aliphatic imine (C=N–C) groups is 1. The first-order valence-electron chi connectivity index (χ1n) is 8.22. The Hall–Kier alpha value is -2.04. The highest BCUT2D eigenvalue weighted by Crippen LogP contribution is 2.17. The largest absolute Gasteiger partial charge is 0.444 e. The van der Waals surface area contributed by atoms with Crippen LogP contribution in [-0.4, -0.2) is 42.1 Å². The van der Waals surface area contributed by atoms with Crippen LogP contribution in [0.4, 0.5) is 4.79 Å².